The average molecular weight is 615 g/mol. The van der Waals surface area contributed by atoms with Crippen molar-refractivity contribution < 1.29 is 43.6 Å². The van der Waals surface area contributed by atoms with E-state index in [1.165, 1.54) is 31.2 Å². The molecule has 2 aromatic carbocycles. The Balaban J connectivity index is 2.09. The largest absolute Gasteiger partial charge is 0.502 e. The van der Waals surface area contributed by atoms with E-state index in [-0.39, 0.29) is 65.5 Å². The molecule has 232 valence electrons. The normalized spacial score (nSPS) is 21.4. The maximum Gasteiger partial charge on any atom is 0.273 e. The summed E-state index contributed by atoms with van der Waals surface area (Å²) in [5.74, 6) is -2.45. The van der Waals surface area contributed by atoms with Gasteiger partial charge in [-0.2, -0.15) is 0 Å². The highest BCUT2D eigenvalue weighted by molar-refractivity contribution is 6.39. The van der Waals surface area contributed by atoms with Gasteiger partial charge in [0.25, 0.3) is 5.91 Å². The Bertz CT molecular complexity index is 1410. The molecule has 1 saturated heterocycles. The molecule has 5 unspecified atom stereocenters. The minimum absolute atomic E-state index is 0.0295. The number of aryl methyl sites for hydroxylation is 1. The lowest BCUT2D eigenvalue weighted by Gasteiger charge is -2.46. The van der Waals surface area contributed by atoms with Crippen LogP contribution in [0.15, 0.2) is 36.4 Å². The minimum Gasteiger partial charge on any atom is -0.502 e. The van der Waals surface area contributed by atoms with Gasteiger partial charge in [-0.1, -0.05) is 18.2 Å². The number of halogens is 1. The molecule has 5 atom stereocenters. The Morgan fingerprint density at radius 3 is 2.31 bits per heavy atom. The molecular formula is C29H34B4FN3O8. The summed E-state index contributed by atoms with van der Waals surface area (Å²) in [7, 11) is 26.3. The molecule has 0 bridgehead atoms. The van der Waals surface area contributed by atoms with E-state index < -0.39 is 46.1 Å². The third-order valence-electron chi connectivity index (χ3n) is 7.67. The van der Waals surface area contributed by atoms with Crippen molar-refractivity contribution in [2.75, 3.05) is 20.1 Å². The number of benzene rings is 2. The number of likely N-dealkylation sites (N-methyl/N-ethyl adjacent to an activating group) is 1. The van der Waals surface area contributed by atoms with Crippen molar-refractivity contribution in [3.63, 3.8) is 0 Å². The molecule has 2 aromatic rings. The van der Waals surface area contributed by atoms with Crippen LogP contribution in [0.5, 0.6) is 5.75 Å². The van der Waals surface area contributed by atoms with E-state index >= 15 is 4.39 Å². The summed E-state index contributed by atoms with van der Waals surface area (Å²) < 4.78 is 26.8. The summed E-state index contributed by atoms with van der Waals surface area (Å²) in [6, 6.07) is 7.55. The fraction of sp³-hybridized carbons (Fsp3) is 0.483. The summed E-state index contributed by atoms with van der Waals surface area (Å²) in [5.41, 5.74) is -8.50. The number of nitrogens with one attached hydrogen (secondary N) is 1. The number of hydrogen-bond acceptors (Lipinski definition) is 9. The predicted molar refractivity (Wildman–Crippen MR) is 164 cm³/mol. The number of aliphatic hydroxyl groups is 3. The lowest BCUT2D eigenvalue weighted by molar-refractivity contribution is -0.203. The van der Waals surface area contributed by atoms with Gasteiger partial charge in [0.05, 0.1) is 23.2 Å². The first-order valence-corrected chi connectivity index (χ1v) is 14.1. The number of morpholine rings is 1. The van der Waals surface area contributed by atoms with E-state index in [1.54, 1.807) is 4.90 Å². The third-order valence-corrected chi connectivity index (χ3v) is 7.67. The average Bonchev–Trinajstić information content (AvgIpc) is 2.94. The van der Waals surface area contributed by atoms with Crippen molar-refractivity contribution in [1.29, 1.82) is 0 Å². The molecule has 1 aliphatic rings. The minimum atomic E-state index is -2.98. The highest BCUT2D eigenvalue weighted by Crippen LogP contribution is 2.40. The summed E-state index contributed by atoms with van der Waals surface area (Å²) in [4.78, 5) is 37.8. The second-order valence-electron chi connectivity index (χ2n) is 11.2. The van der Waals surface area contributed by atoms with Crippen LogP contribution in [-0.4, -0.2) is 113 Å². The second-order valence-corrected chi connectivity index (χ2v) is 11.2. The van der Waals surface area contributed by atoms with Crippen LogP contribution >= 0.6 is 0 Å². The number of nitrogens with zero attached hydrogens (tertiary/aromatic N) is 2. The molecule has 45 heavy (non-hydrogen) atoms. The van der Waals surface area contributed by atoms with Gasteiger partial charge in [0, 0.05) is 44.1 Å². The van der Waals surface area contributed by atoms with Crippen molar-refractivity contribution >= 4 is 50.0 Å². The Kier molecular flexibility index (Phi) is 11.0. The fourth-order valence-electron chi connectivity index (χ4n) is 5.50. The van der Waals surface area contributed by atoms with Crippen molar-refractivity contribution in [1.82, 2.24) is 15.1 Å². The molecule has 0 aliphatic carbocycles. The quantitative estimate of drug-likeness (QED) is 0.129. The number of aldehydes is 1. The van der Waals surface area contributed by atoms with E-state index in [1.807, 2.05) is 13.8 Å². The van der Waals surface area contributed by atoms with Gasteiger partial charge in [0.2, 0.25) is 12.1 Å². The lowest BCUT2D eigenvalue weighted by atomic mass is 9.60. The Morgan fingerprint density at radius 2 is 1.76 bits per heavy atom. The standard InChI is InChI=1S/C29H34B4FN3O8/c1-17-7-5-8-23(24(17)29(33,43)37(16-39)26(41,11-6-12-38)25(40)35-4)45-27(30,31)21-13-20(9-10-22(21)34)28(32,42)36-14-18(2)44-19(3)15-36/h5,7-10,12-13,16,18-19,41-43H,6,11,14-15H2,1-4H3,(H,35,40). The van der Waals surface area contributed by atoms with E-state index in [9.17, 15) is 29.7 Å². The molecule has 3 rings (SSSR count). The molecule has 4 N–H and O–H groups in total. The van der Waals surface area contributed by atoms with Gasteiger partial charge in [-0.15, -0.1) is 0 Å². The SMILES string of the molecule is [B]C([B])(Oc1cccc(C)c1C([B])(O)N(C=O)C(O)(CCC=O)C(=O)NC)c1cc(C([B])(O)N2CC(C)OC(C)C2)ccc1F. The van der Waals surface area contributed by atoms with Crippen molar-refractivity contribution in [3.05, 3.63) is 64.5 Å². The van der Waals surface area contributed by atoms with Crippen LogP contribution in [0.4, 0.5) is 4.39 Å². The topological polar surface area (TPSA) is 149 Å². The summed E-state index contributed by atoms with van der Waals surface area (Å²) in [6.07, 6.45) is -1.20. The zero-order chi connectivity index (χ0) is 34.0. The number of hydrogen-bond donors (Lipinski definition) is 4. The van der Waals surface area contributed by atoms with Crippen molar-refractivity contribution in [3.8, 4) is 5.75 Å². The highest BCUT2D eigenvalue weighted by Gasteiger charge is 2.50. The fourth-order valence-corrected chi connectivity index (χ4v) is 5.50. The van der Waals surface area contributed by atoms with Crippen molar-refractivity contribution in [2.24, 2.45) is 0 Å². The lowest BCUT2D eigenvalue weighted by Crippen LogP contribution is -2.65. The summed E-state index contributed by atoms with van der Waals surface area (Å²) in [5, 5.41) is 33.8. The number of carbonyl (C=O) groups is 3. The van der Waals surface area contributed by atoms with E-state index in [0.29, 0.717) is 6.29 Å². The maximum absolute atomic E-state index is 15.3. The summed E-state index contributed by atoms with van der Waals surface area (Å²) >= 11 is 0. The van der Waals surface area contributed by atoms with E-state index in [2.05, 4.69) is 5.32 Å². The predicted octanol–water partition coefficient (Wildman–Crippen LogP) is -0.816. The molecule has 1 heterocycles. The van der Waals surface area contributed by atoms with Crippen LogP contribution in [0.1, 0.15) is 48.9 Å². The second kappa shape index (κ2) is 13.7. The van der Waals surface area contributed by atoms with E-state index in [0.717, 1.165) is 19.2 Å². The molecule has 1 aliphatic heterocycles. The number of ether oxygens (including phenoxy) is 2. The van der Waals surface area contributed by atoms with Gasteiger partial charge in [-0.3, -0.25) is 19.4 Å². The van der Waals surface area contributed by atoms with Crippen LogP contribution in [0, 0.1) is 12.7 Å². The number of rotatable bonds is 13. The van der Waals surface area contributed by atoms with Crippen LogP contribution in [-0.2, 0) is 35.8 Å². The molecule has 16 heteroatoms. The third kappa shape index (κ3) is 7.30. The van der Waals surface area contributed by atoms with Crippen molar-refractivity contribution in [2.45, 2.75) is 68.2 Å². The molecule has 11 nitrogen and oxygen atoms in total. The molecule has 0 aromatic heterocycles. The molecule has 8 radical (unpaired) electrons. The molecule has 0 saturated carbocycles. The van der Waals surface area contributed by atoms with Crippen LogP contribution < -0.4 is 10.1 Å². The Labute approximate surface area is 267 Å². The van der Waals surface area contributed by atoms with E-state index in [4.69, 9.17) is 40.9 Å². The zero-order valence-electron chi connectivity index (χ0n) is 25.6. The Hall–Kier alpha value is -3.16. The molecule has 0 spiro atoms. The molecular weight excluding hydrogens is 581 g/mol. The van der Waals surface area contributed by atoms with Crippen LogP contribution in [0.2, 0.25) is 0 Å². The maximum atomic E-state index is 15.3. The smallest absolute Gasteiger partial charge is 0.273 e. The van der Waals surface area contributed by atoms with Gasteiger partial charge in [-0.05, 0) is 50.1 Å². The number of carbonyl (C=O) groups excluding carboxylic acids is 3. The molecule has 2 amide bonds. The van der Waals surface area contributed by atoms with Crippen LogP contribution in [0.3, 0.4) is 0 Å². The van der Waals surface area contributed by atoms with Gasteiger partial charge >= 0.3 is 0 Å². The monoisotopic (exact) mass is 615 g/mol. The van der Waals surface area contributed by atoms with Gasteiger partial charge in [0.15, 0.2) is 7.85 Å². The Morgan fingerprint density at radius 1 is 1.13 bits per heavy atom. The molecule has 1 fully saturated rings. The first-order valence-electron chi connectivity index (χ1n) is 14.1. The van der Waals surface area contributed by atoms with Gasteiger partial charge < -0.3 is 34.9 Å². The van der Waals surface area contributed by atoms with Crippen LogP contribution in [0.25, 0.3) is 0 Å². The first kappa shape index (κ1) is 36.3. The first-order chi connectivity index (χ1) is 20.9. The van der Waals surface area contributed by atoms with Gasteiger partial charge in [-0.25, -0.2) is 4.39 Å². The summed E-state index contributed by atoms with van der Waals surface area (Å²) in [6.45, 7) is 5.62. The number of amides is 2. The highest BCUT2D eigenvalue weighted by atomic mass is 19.1. The zero-order valence-corrected chi connectivity index (χ0v) is 25.6. The van der Waals surface area contributed by atoms with Gasteiger partial charge in [0.1, 0.15) is 47.0 Å².